The van der Waals surface area contributed by atoms with E-state index < -0.39 is 29.7 Å². The summed E-state index contributed by atoms with van der Waals surface area (Å²) in [6, 6.07) is 3.55. The lowest BCUT2D eigenvalue weighted by Crippen LogP contribution is -2.31. The van der Waals surface area contributed by atoms with Gasteiger partial charge >= 0.3 is 5.97 Å². The first-order valence-corrected chi connectivity index (χ1v) is 5.42. The second-order valence-corrected chi connectivity index (χ2v) is 4.09. The van der Waals surface area contributed by atoms with Crippen LogP contribution in [0.3, 0.4) is 0 Å². The van der Waals surface area contributed by atoms with E-state index in [-0.39, 0.29) is 11.3 Å². The number of hydrogen-bond acceptors (Lipinski definition) is 3. The molecular weight excluding hydrogens is 239 g/mol. The molecule has 18 heavy (non-hydrogen) atoms. The highest BCUT2D eigenvalue weighted by atomic mass is 19.1. The topological polar surface area (TPSA) is 92.4 Å². The van der Waals surface area contributed by atoms with Crippen LogP contribution in [0.4, 0.5) is 10.1 Å². The average Bonchev–Trinajstić information content (AvgIpc) is 2.27. The first-order chi connectivity index (χ1) is 8.34. The number of primary amides is 1. The summed E-state index contributed by atoms with van der Waals surface area (Å²) in [6.07, 6.45) is 0. The summed E-state index contributed by atoms with van der Waals surface area (Å²) in [5.41, 5.74) is 5.03. The Kier molecular flexibility index (Phi) is 4.25. The first kappa shape index (κ1) is 14.0. The van der Waals surface area contributed by atoms with Gasteiger partial charge in [-0.05, 0) is 26.0 Å². The molecule has 2 atom stereocenters. The predicted octanol–water partition coefficient (Wildman–Crippen LogP) is 1.45. The summed E-state index contributed by atoms with van der Waals surface area (Å²) >= 11 is 0. The van der Waals surface area contributed by atoms with E-state index in [0.717, 1.165) is 6.07 Å². The van der Waals surface area contributed by atoms with Crippen molar-refractivity contribution < 1.29 is 19.1 Å². The Hall–Kier alpha value is -2.11. The van der Waals surface area contributed by atoms with Gasteiger partial charge in [0.05, 0.1) is 17.2 Å². The van der Waals surface area contributed by atoms with E-state index in [1.54, 1.807) is 6.92 Å². The zero-order valence-electron chi connectivity index (χ0n) is 10.1. The Bertz CT molecular complexity index is 476. The molecule has 1 aromatic carbocycles. The van der Waals surface area contributed by atoms with Crippen molar-refractivity contribution in [2.24, 2.45) is 11.7 Å². The van der Waals surface area contributed by atoms with Crippen LogP contribution in [-0.2, 0) is 4.79 Å². The minimum absolute atomic E-state index is 0.197. The summed E-state index contributed by atoms with van der Waals surface area (Å²) in [7, 11) is 0. The van der Waals surface area contributed by atoms with Crippen LogP contribution in [0.5, 0.6) is 0 Å². The van der Waals surface area contributed by atoms with Crippen molar-refractivity contribution in [2.45, 2.75) is 19.9 Å². The van der Waals surface area contributed by atoms with Crippen LogP contribution in [0.15, 0.2) is 18.2 Å². The van der Waals surface area contributed by atoms with Crippen LogP contribution < -0.4 is 11.1 Å². The number of carboxylic acids is 1. The molecule has 0 aromatic heterocycles. The third kappa shape index (κ3) is 2.97. The fourth-order valence-corrected chi connectivity index (χ4v) is 1.48. The second-order valence-electron chi connectivity index (χ2n) is 4.09. The van der Waals surface area contributed by atoms with Gasteiger partial charge in [0, 0.05) is 6.04 Å². The van der Waals surface area contributed by atoms with Gasteiger partial charge in [0.25, 0.3) is 5.91 Å². The van der Waals surface area contributed by atoms with Gasteiger partial charge in [-0.1, -0.05) is 6.07 Å². The fourth-order valence-electron chi connectivity index (χ4n) is 1.48. The molecular formula is C12H15FN2O3. The van der Waals surface area contributed by atoms with Gasteiger partial charge in [-0.15, -0.1) is 0 Å². The monoisotopic (exact) mass is 254 g/mol. The molecule has 5 nitrogen and oxygen atoms in total. The number of amides is 1. The van der Waals surface area contributed by atoms with Crippen LogP contribution in [0.1, 0.15) is 24.2 Å². The van der Waals surface area contributed by atoms with E-state index in [2.05, 4.69) is 5.32 Å². The van der Waals surface area contributed by atoms with Crippen molar-refractivity contribution in [1.82, 2.24) is 0 Å². The zero-order chi connectivity index (χ0) is 13.9. The molecule has 0 saturated heterocycles. The molecule has 0 saturated carbocycles. The fraction of sp³-hybridized carbons (Fsp3) is 0.333. The van der Waals surface area contributed by atoms with Gasteiger partial charge in [-0.2, -0.15) is 0 Å². The molecule has 0 heterocycles. The molecule has 98 valence electrons. The quantitative estimate of drug-likeness (QED) is 0.741. The molecule has 0 radical (unpaired) electrons. The maximum absolute atomic E-state index is 13.5. The van der Waals surface area contributed by atoms with E-state index in [1.165, 1.54) is 19.1 Å². The van der Waals surface area contributed by atoms with Gasteiger partial charge in [-0.25, -0.2) is 4.39 Å². The molecule has 2 unspecified atom stereocenters. The van der Waals surface area contributed by atoms with Crippen LogP contribution in [0.25, 0.3) is 0 Å². The Morgan fingerprint density at radius 2 is 2.00 bits per heavy atom. The largest absolute Gasteiger partial charge is 0.481 e. The molecule has 0 fully saturated rings. The Morgan fingerprint density at radius 1 is 1.39 bits per heavy atom. The highest BCUT2D eigenvalue weighted by molar-refractivity contribution is 5.98. The number of benzene rings is 1. The van der Waals surface area contributed by atoms with Crippen molar-refractivity contribution in [2.75, 3.05) is 5.32 Å². The SMILES string of the molecule is CC(Nc1cccc(F)c1C(N)=O)C(C)C(=O)O. The Balaban J connectivity index is 3.01. The number of rotatable bonds is 5. The zero-order valence-corrected chi connectivity index (χ0v) is 10.1. The summed E-state index contributed by atoms with van der Waals surface area (Å²) in [4.78, 5) is 22.0. The molecule has 1 rings (SSSR count). The van der Waals surface area contributed by atoms with Crippen molar-refractivity contribution in [3.05, 3.63) is 29.6 Å². The maximum atomic E-state index is 13.5. The normalized spacial score (nSPS) is 13.7. The number of nitrogens with two attached hydrogens (primary N) is 1. The smallest absolute Gasteiger partial charge is 0.308 e. The third-order valence-electron chi connectivity index (χ3n) is 2.78. The molecule has 4 N–H and O–H groups in total. The first-order valence-electron chi connectivity index (χ1n) is 5.42. The molecule has 0 bridgehead atoms. The van der Waals surface area contributed by atoms with E-state index in [1.807, 2.05) is 0 Å². The van der Waals surface area contributed by atoms with Crippen LogP contribution in [0.2, 0.25) is 0 Å². The highest BCUT2D eigenvalue weighted by Crippen LogP contribution is 2.20. The average molecular weight is 254 g/mol. The van der Waals surface area contributed by atoms with Crippen molar-refractivity contribution in [1.29, 1.82) is 0 Å². The van der Waals surface area contributed by atoms with Gasteiger partial charge in [0.1, 0.15) is 5.82 Å². The molecule has 0 aliphatic rings. The lowest BCUT2D eigenvalue weighted by Gasteiger charge is -2.20. The number of carbonyl (C=O) groups is 2. The molecule has 0 aliphatic carbocycles. The summed E-state index contributed by atoms with van der Waals surface area (Å²) < 4.78 is 13.5. The van der Waals surface area contributed by atoms with Crippen LogP contribution in [0, 0.1) is 11.7 Å². The number of aliphatic carboxylic acids is 1. The predicted molar refractivity (Wildman–Crippen MR) is 64.8 cm³/mol. The van der Waals surface area contributed by atoms with Crippen molar-refractivity contribution in [3.63, 3.8) is 0 Å². The number of nitrogens with one attached hydrogen (secondary N) is 1. The lowest BCUT2D eigenvalue weighted by atomic mass is 10.0. The van der Waals surface area contributed by atoms with E-state index in [4.69, 9.17) is 10.8 Å². The number of carboxylic acid groups (broad SMARTS) is 1. The summed E-state index contributed by atoms with van der Waals surface area (Å²) in [5.74, 6) is -3.30. The lowest BCUT2D eigenvalue weighted by molar-refractivity contribution is -0.141. The van der Waals surface area contributed by atoms with E-state index in [0.29, 0.717) is 0 Å². The standard InChI is InChI=1S/C12H15FN2O3/c1-6(12(17)18)7(2)15-9-5-3-4-8(13)10(9)11(14)16/h3-7,15H,1-2H3,(H2,14,16)(H,17,18). The Morgan fingerprint density at radius 3 is 2.50 bits per heavy atom. The van der Waals surface area contributed by atoms with Gasteiger partial charge in [0.2, 0.25) is 0 Å². The summed E-state index contributed by atoms with van der Waals surface area (Å²) in [5, 5.41) is 11.6. The maximum Gasteiger partial charge on any atom is 0.308 e. The number of anilines is 1. The van der Waals surface area contributed by atoms with Gasteiger partial charge in [0.15, 0.2) is 0 Å². The third-order valence-corrected chi connectivity index (χ3v) is 2.78. The summed E-state index contributed by atoms with van der Waals surface area (Å²) in [6.45, 7) is 3.15. The molecule has 1 amide bonds. The Labute approximate surface area is 104 Å². The van der Waals surface area contributed by atoms with Gasteiger partial charge < -0.3 is 16.2 Å². The van der Waals surface area contributed by atoms with Crippen LogP contribution in [-0.4, -0.2) is 23.0 Å². The van der Waals surface area contributed by atoms with Crippen molar-refractivity contribution >= 4 is 17.6 Å². The number of hydrogen-bond donors (Lipinski definition) is 3. The minimum atomic E-state index is -0.980. The molecule has 1 aromatic rings. The van der Waals surface area contributed by atoms with E-state index >= 15 is 0 Å². The number of halogens is 1. The van der Waals surface area contributed by atoms with Crippen LogP contribution >= 0.6 is 0 Å². The molecule has 0 spiro atoms. The van der Waals surface area contributed by atoms with E-state index in [9.17, 15) is 14.0 Å². The molecule has 6 heteroatoms. The minimum Gasteiger partial charge on any atom is -0.481 e. The number of carbonyl (C=O) groups excluding carboxylic acids is 1. The van der Waals surface area contributed by atoms with Gasteiger partial charge in [-0.3, -0.25) is 9.59 Å². The highest BCUT2D eigenvalue weighted by Gasteiger charge is 2.21. The second kappa shape index (κ2) is 5.48. The molecule has 0 aliphatic heterocycles. The van der Waals surface area contributed by atoms with Crippen molar-refractivity contribution in [3.8, 4) is 0 Å².